The molecule has 1 aliphatic rings. The van der Waals surface area contributed by atoms with E-state index in [1.165, 1.54) is 23.1 Å². The van der Waals surface area contributed by atoms with Gasteiger partial charge in [-0.15, -0.1) is 11.3 Å². The number of rotatable bonds is 7. The minimum atomic E-state index is -0.958. The van der Waals surface area contributed by atoms with Crippen LogP contribution in [0.25, 0.3) is 27.4 Å². The van der Waals surface area contributed by atoms with Gasteiger partial charge in [-0.1, -0.05) is 55.0 Å². The number of aliphatic hydroxyl groups is 1. The summed E-state index contributed by atoms with van der Waals surface area (Å²) in [6.45, 7) is 2.15. The summed E-state index contributed by atoms with van der Waals surface area (Å²) < 4.78 is 1.16. The van der Waals surface area contributed by atoms with Crippen LogP contribution in [0.5, 0.6) is 0 Å². The van der Waals surface area contributed by atoms with Crippen molar-refractivity contribution in [3.63, 3.8) is 0 Å². The zero-order valence-electron chi connectivity index (χ0n) is 19.6. The third kappa shape index (κ3) is 4.83. The quantitative estimate of drug-likeness (QED) is 0.221. The van der Waals surface area contributed by atoms with Gasteiger partial charge in [0.25, 0.3) is 0 Å². The zero-order chi connectivity index (χ0) is 24.4. The van der Waals surface area contributed by atoms with Crippen molar-refractivity contribution in [2.75, 3.05) is 0 Å². The molecule has 176 valence electrons. The highest BCUT2D eigenvalue weighted by Gasteiger charge is 2.28. The molecule has 0 aliphatic heterocycles. The van der Waals surface area contributed by atoms with Gasteiger partial charge in [0.15, 0.2) is 0 Å². The Morgan fingerprint density at radius 1 is 1.06 bits per heavy atom. The second-order valence-corrected chi connectivity index (χ2v) is 9.94. The van der Waals surface area contributed by atoms with Crippen LogP contribution < -0.4 is 0 Å². The maximum absolute atomic E-state index is 10.9. The molecule has 0 bridgehead atoms. The van der Waals surface area contributed by atoms with Crippen molar-refractivity contribution in [2.24, 2.45) is 5.92 Å². The van der Waals surface area contributed by atoms with Crippen LogP contribution in [0.15, 0.2) is 72.3 Å². The number of nitrogens with zero attached hydrogens (tertiary/aromatic N) is 1. The molecule has 0 atom stereocenters. The summed E-state index contributed by atoms with van der Waals surface area (Å²) in [6.07, 6.45) is 6.30. The first kappa shape index (κ1) is 23.2. The number of carboxylic acid groups (broad SMARTS) is 1. The van der Waals surface area contributed by atoms with E-state index in [0.29, 0.717) is 5.92 Å². The molecule has 2 N–H and O–H groups in total. The molecule has 1 heterocycles. The van der Waals surface area contributed by atoms with Crippen LogP contribution in [-0.4, -0.2) is 21.2 Å². The van der Waals surface area contributed by atoms with Crippen molar-refractivity contribution in [3.8, 4) is 0 Å². The van der Waals surface area contributed by atoms with E-state index in [0.717, 1.165) is 57.0 Å². The van der Waals surface area contributed by atoms with Crippen molar-refractivity contribution in [1.82, 2.24) is 4.98 Å². The van der Waals surface area contributed by atoms with Gasteiger partial charge in [-0.3, -0.25) is 0 Å². The van der Waals surface area contributed by atoms with Gasteiger partial charge in [-0.25, -0.2) is 9.78 Å². The highest BCUT2D eigenvalue weighted by molar-refractivity contribution is 7.16. The number of thiazole rings is 1. The number of hydrogen-bond acceptors (Lipinski definition) is 4. The van der Waals surface area contributed by atoms with Crippen LogP contribution >= 0.6 is 11.3 Å². The maximum atomic E-state index is 10.9. The fraction of sp³-hybridized carbons (Fsp3) is 0.200. The van der Waals surface area contributed by atoms with E-state index in [2.05, 4.69) is 54.4 Å². The Balaban J connectivity index is 1.74. The van der Waals surface area contributed by atoms with E-state index in [1.807, 2.05) is 23.7 Å². The van der Waals surface area contributed by atoms with E-state index in [1.54, 1.807) is 17.4 Å². The molecule has 1 aromatic heterocycles. The number of aryl methyl sites for hydroxylation is 1. The van der Waals surface area contributed by atoms with Crippen LogP contribution in [0.2, 0.25) is 0 Å². The minimum Gasteiger partial charge on any atom is -0.478 e. The number of aliphatic hydroxyl groups excluding tert-OH is 1. The molecule has 1 fully saturated rings. The average Bonchev–Trinajstić information content (AvgIpc) is 3.30. The van der Waals surface area contributed by atoms with Gasteiger partial charge in [0, 0.05) is 6.08 Å². The van der Waals surface area contributed by atoms with E-state index < -0.39 is 5.97 Å². The summed E-state index contributed by atoms with van der Waals surface area (Å²) in [5.41, 5.74) is 11.8. The lowest BCUT2D eigenvalue weighted by Crippen LogP contribution is -2.16. The van der Waals surface area contributed by atoms with Gasteiger partial charge in [0.05, 0.1) is 22.3 Å². The normalized spacial score (nSPS) is 14.8. The molecule has 3 aromatic carbocycles. The highest BCUT2D eigenvalue weighted by atomic mass is 32.1. The van der Waals surface area contributed by atoms with Gasteiger partial charge in [-0.05, 0) is 88.4 Å². The van der Waals surface area contributed by atoms with Crippen molar-refractivity contribution in [2.45, 2.75) is 32.8 Å². The van der Waals surface area contributed by atoms with E-state index >= 15 is 0 Å². The summed E-state index contributed by atoms with van der Waals surface area (Å²) in [7, 11) is 0. The van der Waals surface area contributed by atoms with Crippen LogP contribution in [0, 0.1) is 12.8 Å². The molecular weight excluding hydrogens is 454 g/mol. The Morgan fingerprint density at radius 3 is 2.49 bits per heavy atom. The number of aromatic nitrogens is 1. The second kappa shape index (κ2) is 9.98. The van der Waals surface area contributed by atoms with Crippen molar-refractivity contribution < 1.29 is 15.0 Å². The summed E-state index contributed by atoms with van der Waals surface area (Å²) in [6, 6.07) is 20.9. The lowest BCUT2D eigenvalue weighted by atomic mass is 9.72. The van der Waals surface area contributed by atoms with Gasteiger partial charge in [0.2, 0.25) is 0 Å². The summed E-state index contributed by atoms with van der Waals surface area (Å²) in [5.74, 6) is -0.498. The largest absolute Gasteiger partial charge is 0.478 e. The first-order valence-electron chi connectivity index (χ1n) is 11.8. The molecule has 4 nitrogen and oxygen atoms in total. The lowest BCUT2D eigenvalue weighted by Gasteiger charge is -2.32. The third-order valence-corrected chi connectivity index (χ3v) is 7.59. The number of carbonyl (C=O) groups is 1. The topological polar surface area (TPSA) is 70.4 Å². The Hall–Kier alpha value is -3.54. The smallest absolute Gasteiger partial charge is 0.328 e. The number of allylic oxidation sites excluding steroid dienone is 1. The number of benzene rings is 3. The van der Waals surface area contributed by atoms with Crippen LogP contribution in [0.1, 0.15) is 52.6 Å². The van der Waals surface area contributed by atoms with E-state index in [-0.39, 0.29) is 6.61 Å². The number of aliphatic carboxylic acids is 1. The fourth-order valence-electron chi connectivity index (χ4n) is 4.80. The van der Waals surface area contributed by atoms with Crippen LogP contribution in [-0.2, 0) is 11.4 Å². The zero-order valence-corrected chi connectivity index (χ0v) is 20.4. The molecule has 1 saturated carbocycles. The first-order chi connectivity index (χ1) is 17.0. The molecule has 5 rings (SSSR count). The minimum absolute atomic E-state index is 0.0300. The van der Waals surface area contributed by atoms with Gasteiger partial charge in [-0.2, -0.15) is 0 Å². The molecule has 0 saturated heterocycles. The molecule has 0 amide bonds. The highest BCUT2D eigenvalue weighted by Crippen LogP contribution is 2.46. The summed E-state index contributed by atoms with van der Waals surface area (Å²) in [5, 5.41) is 18.6. The van der Waals surface area contributed by atoms with Gasteiger partial charge < -0.3 is 10.2 Å². The standard InChI is InChI=1S/C30H27NO3S/c1-19-15-21(17-32)7-12-25(19)30(22-3-2-4-22)29(24-11-13-27-26(16-24)31-18-35-27)23-9-5-20(6-10-23)8-14-28(33)34/h5-16,18,22,32H,2-4,17H2,1H3,(H,33,34)/b14-8+,30-29+. The molecule has 0 unspecified atom stereocenters. The van der Waals surface area contributed by atoms with Crippen molar-refractivity contribution in [3.05, 3.63) is 106 Å². The predicted octanol–water partition coefficient (Wildman–Crippen LogP) is 6.95. The van der Waals surface area contributed by atoms with Crippen LogP contribution in [0.4, 0.5) is 0 Å². The van der Waals surface area contributed by atoms with E-state index in [4.69, 9.17) is 5.11 Å². The SMILES string of the molecule is Cc1cc(CO)ccc1/C(=C(\c1ccc(/C=C/C(=O)O)cc1)c1ccc2scnc2c1)C1CCC1. The number of fused-ring (bicyclic) bond motifs is 1. The fourth-order valence-corrected chi connectivity index (χ4v) is 5.46. The first-order valence-corrected chi connectivity index (χ1v) is 12.7. The maximum Gasteiger partial charge on any atom is 0.328 e. The molecule has 0 spiro atoms. The Kier molecular flexibility index (Phi) is 6.62. The van der Waals surface area contributed by atoms with Gasteiger partial charge >= 0.3 is 5.97 Å². The molecule has 1 aliphatic carbocycles. The summed E-state index contributed by atoms with van der Waals surface area (Å²) in [4.78, 5) is 15.5. The van der Waals surface area contributed by atoms with E-state index in [9.17, 15) is 9.90 Å². The number of carboxylic acids is 1. The Labute approximate surface area is 208 Å². The third-order valence-electron chi connectivity index (χ3n) is 6.78. The van der Waals surface area contributed by atoms with Crippen molar-refractivity contribution >= 4 is 44.7 Å². The molecular formula is C30H27NO3S. The van der Waals surface area contributed by atoms with Gasteiger partial charge in [0.1, 0.15) is 0 Å². The Bertz CT molecular complexity index is 1440. The Morgan fingerprint density at radius 2 is 1.83 bits per heavy atom. The van der Waals surface area contributed by atoms with Crippen LogP contribution in [0.3, 0.4) is 0 Å². The molecule has 0 radical (unpaired) electrons. The monoisotopic (exact) mass is 481 g/mol. The molecule has 35 heavy (non-hydrogen) atoms. The lowest BCUT2D eigenvalue weighted by molar-refractivity contribution is -0.131. The number of hydrogen-bond donors (Lipinski definition) is 2. The molecule has 4 aromatic rings. The molecule has 5 heteroatoms. The predicted molar refractivity (Wildman–Crippen MR) is 143 cm³/mol. The second-order valence-electron chi connectivity index (χ2n) is 9.05. The average molecular weight is 482 g/mol. The summed E-state index contributed by atoms with van der Waals surface area (Å²) >= 11 is 1.64. The van der Waals surface area contributed by atoms with Crippen molar-refractivity contribution in [1.29, 1.82) is 0 Å².